The fourth-order valence-corrected chi connectivity index (χ4v) is 2.27. The summed E-state index contributed by atoms with van der Waals surface area (Å²) in [7, 11) is 2.07. The average Bonchev–Trinajstić information content (AvgIpc) is 2.34. The van der Waals surface area contributed by atoms with Gasteiger partial charge in [-0.25, -0.2) is 9.78 Å². The number of ether oxygens (including phenoxy) is 1. The summed E-state index contributed by atoms with van der Waals surface area (Å²) in [4.78, 5) is 17.4. The summed E-state index contributed by atoms with van der Waals surface area (Å²) < 4.78 is 6.35. The van der Waals surface area contributed by atoms with E-state index >= 15 is 0 Å². The van der Waals surface area contributed by atoms with E-state index in [-0.39, 0.29) is 17.5 Å². The third-order valence-corrected chi connectivity index (χ3v) is 3.43. The largest absolute Gasteiger partial charge is 0.477 e. The molecular formula is C12H15BrN2O3. The summed E-state index contributed by atoms with van der Waals surface area (Å²) in [6.45, 7) is 1.92. The van der Waals surface area contributed by atoms with Gasteiger partial charge in [0.05, 0.1) is 0 Å². The molecule has 2 rings (SSSR count). The molecular weight excluding hydrogens is 300 g/mol. The summed E-state index contributed by atoms with van der Waals surface area (Å²) in [5, 5.41) is 9.11. The van der Waals surface area contributed by atoms with E-state index in [1.807, 2.05) is 0 Å². The van der Waals surface area contributed by atoms with Crippen LogP contribution in [0, 0.1) is 0 Å². The number of halogens is 1. The topological polar surface area (TPSA) is 62.7 Å². The van der Waals surface area contributed by atoms with Crippen molar-refractivity contribution in [1.29, 1.82) is 0 Å². The first-order valence-corrected chi connectivity index (χ1v) is 6.59. The zero-order valence-electron chi connectivity index (χ0n) is 10.1. The first kappa shape index (κ1) is 13.3. The standard InChI is InChI=1S/C12H15BrN2O3/c1-15-4-2-9(3-5-15)18-11-10(12(16)17)6-8(13)7-14-11/h6-7,9H,2-5H2,1H3,(H,16,17). The van der Waals surface area contributed by atoms with E-state index in [1.54, 1.807) is 6.20 Å². The van der Waals surface area contributed by atoms with Crippen LogP contribution in [0.1, 0.15) is 23.2 Å². The Hall–Kier alpha value is -1.14. The Balaban J connectivity index is 2.11. The number of hydrogen-bond acceptors (Lipinski definition) is 4. The van der Waals surface area contributed by atoms with Gasteiger partial charge in [0, 0.05) is 23.8 Å². The van der Waals surface area contributed by atoms with E-state index in [9.17, 15) is 4.79 Å². The van der Waals surface area contributed by atoms with Crippen molar-refractivity contribution in [3.8, 4) is 5.88 Å². The van der Waals surface area contributed by atoms with Crippen molar-refractivity contribution in [1.82, 2.24) is 9.88 Å². The van der Waals surface area contributed by atoms with Gasteiger partial charge in [-0.15, -0.1) is 0 Å². The highest BCUT2D eigenvalue weighted by Crippen LogP contribution is 2.23. The Bertz CT molecular complexity index is 445. The van der Waals surface area contributed by atoms with Crippen LogP contribution in [0.3, 0.4) is 0 Å². The molecule has 18 heavy (non-hydrogen) atoms. The molecule has 5 nitrogen and oxygen atoms in total. The van der Waals surface area contributed by atoms with E-state index in [0.717, 1.165) is 25.9 Å². The number of carbonyl (C=O) groups is 1. The SMILES string of the molecule is CN1CCC(Oc2ncc(Br)cc2C(=O)O)CC1. The van der Waals surface area contributed by atoms with Crippen LogP contribution >= 0.6 is 15.9 Å². The average molecular weight is 315 g/mol. The van der Waals surface area contributed by atoms with Crippen molar-refractivity contribution in [3.05, 3.63) is 22.3 Å². The van der Waals surface area contributed by atoms with Gasteiger partial charge in [-0.1, -0.05) is 0 Å². The number of piperidine rings is 1. The molecule has 1 N–H and O–H groups in total. The molecule has 1 aromatic rings. The number of likely N-dealkylation sites (tertiary alicyclic amines) is 1. The van der Waals surface area contributed by atoms with Crippen molar-refractivity contribution >= 4 is 21.9 Å². The number of carboxylic acids is 1. The summed E-state index contributed by atoms with van der Waals surface area (Å²) in [5.41, 5.74) is 0.100. The molecule has 0 aliphatic carbocycles. The minimum Gasteiger partial charge on any atom is -0.477 e. The molecule has 0 spiro atoms. The quantitative estimate of drug-likeness (QED) is 0.924. The first-order valence-electron chi connectivity index (χ1n) is 5.80. The van der Waals surface area contributed by atoms with Crippen LogP contribution in [0.15, 0.2) is 16.7 Å². The van der Waals surface area contributed by atoms with Crippen LogP contribution in [0.25, 0.3) is 0 Å². The molecule has 1 aromatic heterocycles. The lowest BCUT2D eigenvalue weighted by atomic mass is 10.1. The zero-order valence-corrected chi connectivity index (χ0v) is 11.7. The highest BCUT2D eigenvalue weighted by molar-refractivity contribution is 9.10. The highest BCUT2D eigenvalue weighted by Gasteiger charge is 2.21. The molecule has 0 atom stereocenters. The number of hydrogen-bond donors (Lipinski definition) is 1. The molecule has 1 aliphatic rings. The molecule has 0 radical (unpaired) electrons. The summed E-state index contributed by atoms with van der Waals surface area (Å²) in [5.74, 6) is -0.813. The molecule has 0 aromatic carbocycles. The Morgan fingerprint density at radius 1 is 1.56 bits per heavy atom. The Morgan fingerprint density at radius 2 is 2.22 bits per heavy atom. The number of pyridine rings is 1. The number of nitrogens with zero attached hydrogens (tertiary/aromatic N) is 2. The van der Waals surface area contributed by atoms with Gasteiger partial charge in [-0.05, 0) is 41.9 Å². The van der Waals surface area contributed by atoms with Gasteiger partial charge in [0.15, 0.2) is 0 Å². The van der Waals surface area contributed by atoms with Crippen LogP contribution < -0.4 is 4.74 Å². The second-order valence-electron chi connectivity index (χ2n) is 4.43. The molecule has 0 bridgehead atoms. The maximum atomic E-state index is 11.1. The van der Waals surface area contributed by atoms with Gasteiger partial charge in [-0.2, -0.15) is 0 Å². The lowest BCUT2D eigenvalue weighted by molar-refractivity contribution is 0.0677. The normalized spacial score (nSPS) is 17.7. The third kappa shape index (κ3) is 3.20. The number of aromatic carboxylic acids is 1. The molecule has 0 amide bonds. The third-order valence-electron chi connectivity index (χ3n) is 2.99. The monoisotopic (exact) mass is 314 g/mol. The Labute approximate surface area is 114 Å². The number of carboxylic acid groups (broad SMARTS) is 1. The second kappa shape index (κ2) is 5.67. The lowest BCUT2D eigenvalue weighted by Crippen LogP contribution is -2.36. The van der Waals surface area contributed by atoms with Gasteiger partial charge < -0.3 is 14.7 Å². The smallest absolute Gasteiger partial charge is 0.341 e. The maximum absolute atomic E-state index is 11.1. The van der Waals surface area contributed by atoms with Crippen molar-refractivity contribution < 1.29 is 14.6 Å². The molecule has 0 saturated carbocycles. The van der Waals surface area contributed by atoms with Crippen LogP contribution in [0.2, 0.25) is 0 Å². The lowest BCUT2D eigenvalue weighted by Gasteiger charge is -2.29. The van der Waals surface area contributed by atoms with Crippen LogP contribution in [0.4, 0.5) is 0 Å². The minimum atomic E-state index is -1.02. The molecule has 98 valence electrons. The van der Waals surface area contributed by atoms with Crippen molar-refractivity contribution in [3.63, 3.8) is 0 Å². The second-order valence-corrected chi connectivity index (χ2v) is 5.35. The highest BCUT2D eigenvalue weighted by atomic mass is 79.9. The van der Waals surface area contributed by atoms with Crippen molar-refractivity contribution in [2.75, 3.05) is 20.1 Å². The van der Waals surface area contributed by atoms with E-state index in [1.165, 1.54) is 6.07 Å². The van der Waals surface area contributed by atoms with Crippen molar-refractivity contribution in [2.45, 2.75) is 18.9 Å². The minimum absolute atomic E-state index is 0.0491. The predicted molar refractivity (Wildman–Crippen MR) is 70.0 cm³/mol. The van der Waals surface area contributed by atoms with E-state index in [4.69, 9.17) is 9.84 Å². The van der Waals surface area contributed by atoms with Gasteiger partial charge in [0.25, 0.3) is 0 Å². The molecule has 1 saturated heterocycles. The summed E-state index contributed by atoms with van der Waals surface area (Å²) >= 11 is 3.21. The molecule has 6 heteroatoms. The Kier molecular flexibility index (Phi) is 4.19. The Morgan fingerprint density at radius 3 is 2.83 bits per heavy atom. The molecule has 0 unspecified atom stereocenters. The molecule has 1 aliphatic heterocycles. The van der Waals surface area contributed by atoms with E-state index in [0.29, 0.717) is 4.47 Å². The summed E-state index contributed by atoms with van der Waals surface area (Å²) in [6, 6.07) is 1.51. The van der Waals surface area contributed by atoms with Gasteiger partial charge in [-0.3, -0.25) is 0 Å². The fourth-order valence-electron chi connectivity index (χ4n) is 1.93. The number of rotatable bonds is 3. The van der Waals surface area contributed by atoms with E-state index < -0.39 is 5.97 Å². The molecule has 2 heterocycles. The maximum Gasteiger partial charge on any atom is 0.341 e. The predicted octanol–water partition coefficient (Wildman–Crippen LogP) is 2.02. The zero-order chi connectivity index (χ0) is 13.1. The van der Waals surface area contributed by atoms with Crippen LogP contribution in [0.5, 0.6) is 5.88 Å². The van der Waals surface area contributed by atoms with Crippen LogP contribution in [-0.2, 0) is 0 Å². The molecule has 1 fully saturated rings. The summed E-state index contributed by atoms with van der Waals surface area (Å²) in [6.07, 6.45) is 3.39. The van der Waals surface area contributed by atoms with Crippen LogP contribution in [-0.4, -0.2) is 47.2 Å². The van der Waals surface area contributed by atoms with E-state index in [2.05, 4.69) is 32.9 Å². The van der Waals surface area contributed by atoms with Crippen molar-refractivity contribution in [2.24, 2.45) is 0 Å². The first-order chi connectivity index (χ1) is 8.56. The van der Waals surface area contributed by atoms with Gasteiger partial charge >= 0.3 is 5.97 Å². The number of aromatic nitrogens is 1. The van der Waals surface area contributed by atoms with Gasteiger partial charge in [0.1, 0.15) is 11.7 Å². The van der Waals surface area contributed by atoms with Gasteiger partial charge in [0.2, 0.25) is 5.88 Å². The fraction of sp³-hybridized carbons (Fsp3) is 0.500.